The average molecular weight is 363 g/mol. The van der Waals surface area contributed by atoms with E-state index in [1.165, 1.54) is 69.5 Å². The maximum absolute atomic E-state index is 6.28. The Balaban J connectivity index is 1.68. The zero-order chi connectivity index (χ0) is 18.7. The third kappa shape index (κ3) is 2.31. The van der Waals surface area contributed by atoms with Crippen LogP contribution in [0.3, 0.4) is 0 Å². The van der Waals surface area contributed by atoms with Crippen molar-refractivity contribution in [2.75, 3.05) is 0 Å². The molecule has 5 aromatic rings. The summed E-state index contributed by atoms with van der Waals surface area (Å²) in [6, 6.07) is 19.6. The molecule has 0 N–H and O–H groups in total. The number of nitrogens with zero attached hydrogens (tertiary/aromatic N) is 1. The van der Waals surface area contributed by atoms with Crippen molar-refractivity contribution in [2.45, 2.75) is 32.6 Å². The van der Waals surface area contributed by atoms with Crippen LogP contribution in [0.25, 0.3) is 44.0 Å². The minimum absolute atomic E-state index is 0.965. The van der Waals surface area contributed by atoms with Crippen molar-refractivity contribution >= 4 is 32.7 Å². The number of aromatic nitrogens is 1. The Labute approximate surface area is 163 Å². The monoisotopic (exact) mass is 363 g/mol. The smallest absolute Gasteiger partial charge is 0.136 e. The largest absolute Gasteiger partial charge is 0.456 e. The van der Waals surface area contributed by atoms with Crippen LogP contribution in [0.15, 0.2) is 65.2 Å². The van der Waals surface area contributed by atoms with Gasteiger partial charge in [0, 0.05) is 27.9 Å². The molecule has 2 heterocycles. The van der Waals surface area contributed by atoms with E-state index in [-0.39, 0.29) is 0 Å². The van der Waals surface area contributed by atoms with E-state index in [1.54, 1.807) is 0 Å². The Hall–Kier alpha value is -3.13. The molecule has 136 valence electrons. The van der Waals surface area contributed by atoms with Crippen molar-refractivity contribution < 1.29 is 4.42 Å². The van der Waals surface area contributed by atoms with Gasteiger partial charge in [0.15, 0.2) is 0 Å². The molecule has 0 aliphatic heterocycles. The summed E-state index contributed by atoms with van der Waals surface area (Å²) in [4.78, 5) is 4.75. The van der Waals surface area contributed by atoms with Crippen molar-refractivity contribution in [3.63, 3.8) is 0 Å². The Morgan fingerprint density at radius 2 is 1.54 bits per heavy atom. The number of hydrogen-bond donors (Lipinski definition) is 0. The van der Waals surface area contributed by atoms with Crippen LogP contribution in [0.1, 0.15) is 29.5 Å². The summed E-state index contributed by atoms with van der Waals surface area (Å²) in [7, 11) is 0. The van der Waals surface area contributed by atoms with Gasteiger partial charge < -0.3 is 4.42 Å². The molecule has 0 saturated heterocycles. The Bertz CT molecular complexity index is 1380. The molecule has 2 heteroatoms. The van der Waals surface area contributed by atoms with E-state index in [1.807, 2.05) is 6.20 Å². The van der Waals surface area contributed by atoms with Gasteiger partial charge in [-0.2, -0.15) is 0 Å². The quantitative estimate of drug-likeness (QED) is 0.321. The minimum Gasteiger partial charge on any atom is -0.456 e. The maximum Gasteiger partial charge on any atom is 0.136 e. The van der Waals surface area contributed by atoms with Crippen LogP contribution < -0.4 is 0 Å². The molecule has 6 rings (SSSR count). The van der Waals surface area contributed by atoms with Crippen LogP contribution in [-0.4, -0.2) is 4.98 Å². The van der Waals surface area contributed by atoms with Crippen molar-refractivity contribution in [3.8, 4) is 11.3 Å². The van der Waals surface area contributed by atoms with Gasteiger partial charge in [0.25, 0.3) is 0 Å². The van der Waals surface area contributed by atoms with Crippen LogP contribution in [-0.2, 0) is 12.8 Å². The van der Waals surface area contributed by atoms with Crippen LogP contribution in [0.2, 0.25) is 0 Å². The van der Waals surface area contributed by atoms with E-state index in [0.29, 0.717) is 0 Å². The van der Waals surface area contributed by atoms with Crippen LogP contribution in [0, 0.1) is 6.92 Å². The third-order valence-corrected chi connectivity index (χ3v) is 6.22. The molecule has 3 aromatic carbocycles. The number of rotatable bonds is 1. The lowest BCUT2D eigenvalue weighted by Crippen LogP contribution is -2.01. The van der Waals surface area contributed by atoms with E-state index in [0.717, 1.165) is 16.9 Å². The maximum atomic E-state index is 6.28. The lowest BCUT2D eigenvalue weighted by atomic mass is 9.90. The van der Waals surface area contributed by atoms with E-state index in [4.69, 9.17) is 9.40 Å². The highest BCUT2D eigenvalue weighted by Crippen LogP contribution is 2.38. The van der Waals surface area contributed by atoms with Gasteiger partial charge in [-0.25, -0.2) is 0 Å². The first-order chi connectivity index (χ1) is 13.8. The fourth-order valence-corrected chi connectivity index (χ4v) is 4.72. The summed E-state index contributed by atoms with van der Waals surface area (Å²) in [6.07, 6.45) is 6.83. The third-order valence-electron chi connectivity index (χ3n) is 6.22. The van der Waals surface area contributed by atoms with Crippen molar-refractivity contribution in [2.24, 2.45) is 0 Å². The number of benzene rings is 3. The normalized spacial score (nSPS) is 14.0. The van der Waals surface area contributed by atoms with Crippen LogP contribution in [0.4, 0.5) is 0 Å². The highest BCUT2D eigenvalue weighted by molar-refractivity contribution is 6.12. The van der Waals surface area contributed by atoms with Crippen LogP contribution >= 0.6 is 0 Å². The predicted molar refractivity (Wildman–Crippen MR) is 116 cm³/mol. The summed E-state index contributed by atoms with van der Waals surface area (Å²) in [5.74, 6) is 0. The van der Waals surface area contributed by atoms with Gasteiger partial charge in [0.05, 0.1) is 5.69 Å². The summed E-state index contributed by atoms with van der Waals surface area (Å²) in [5.41, 5.74) is 8.41. The molecular formula is C26H21NO. The van der Waals surface area contributed by atoms with Crippen LogP contribution in [0.5, 0.6) is 0 Å². The molecule has 0 fully saturated rings. The molecular weight excluding hydrogens is 342 g/mol. The Morgan fingerprint density at radius 1 is 0.786 bits per heavy atom. The van der Waals surface area contributed by atoms with E-state index in [9.17, 15) is 0 Å². The standard InChI is InChI=1S/C26H21NO/c1-16-6-2-5-9-20(16)26-21-15-23-22-12-17-7-3-4-8-18(17)13-24(22)28-25(23)14-19(21)10-11-27-26/h2,5-6,9-15H,3-4,7-8H2,1H3. The van der Waals surface area contributed by atoms with E-state index < -0.39 is 0 Å². The highest BCUT2D eigenvalue weighted by Gasteiger charge is 2.16. The van der Waals surface area contributed by atoms with Crippen molar-refractivity contribution in [1.29, 1.82) is 0 Å². The molecule has 1 aliphatic rings. The second kappa shape index (κ2) is 5.93. The molecule has 0 bridgehead atoms. The number of hydrogen-bond acceptors (Lipinski definition) is 2. The van der Waals surface area contributed by atoms with E-state index in [2.05, 4.69) is 61.5 Å². The molecule has 2 aromatic heterocycles. The van der Waals surface area contributed by atoms with Gasteiger partial charge in [0.1, 0.15) is 11.2 Å². The first kappa shape index (κ1) is 15.9. The molecule has 28 heavy (non-hydrogen) atoms. The first-order valence-electron chi connectivity index (χ1n) is 10.1. The summed E-state index contributed by atoms with van der Waals surface area (Å²) in [5, 5.41) is 4.78. The van der Waals surface area contributed by atoms with Gasteiger partial charge in [-0.05, 0) is 85.0 Å². The van der Waals surface area contributed by atoms with Gasteiger partial charge in [-0.15, -0.1) is 0 Å². The van der Waals surface area contributed by atoms with Gasteiger partial charge in [0.2, 0.25) is 0 Å². The molecule has 2 nitrogen and oxygen atoms in total. The first-order valence-corrected chi connectivity index (χ1v) is 10.1. The molecule has 0 unspecified atom stereocenters. The molecule has 0 amide bonds. The molecule has 0 saturated carbocycles. The number of fused-ring (bicyclic) bond motifs is 5. The Morgan fingerprint density at radius 3 is 2.39 bits per heavy atom. The summed E-state index contributed by atoms with van der Waals surface area (Å²) < 4.78 is 6.28. The van der Waals surface area contributed by atoms with Gasteiger partial charge in [-0.1, -0.05) is 24.3 Å². The molecule has 0 radical (unpaired) electrons. The van der Waals surface area contributed by atoms with Gasteiger partial charge >= 0.3 is 0 Å². The average Bonchev–Trinajstić information content (AvgIpc) is 3.07. The fourth-order valence-electron chi connectivity index (χ4n) is 4.72. The lowest BCUT2D eigenvalue weighted by Gasteiger charge is -2.14. The zero-order valence-electron chi connectivity index (χ0n) is 16.0. The predicted octanol–water partition coefficient (Wildman–Crippen LogP) is 6.99. The second-order valence-electron chi connectivity index (χ2n) is 7.97. The fraction of sp³-hybridized carbons (Fsp3) is 0.192. The molecule has 0 atom stereocenters. The topological polar surface area (TPSA) is 26.0 Å². The summed E-state index contributed by atoms with van der Waals surface area (Å²) >= 11 is 0. The van der Waals surface area contributed by atoms with E-state index >= 15 is 0 Å². The lowest BCUT2D eigenvalue weighted by molar-refractivity contribution is 0.660. The molecule has 1 aliphatic carbocycles. The number of aryl methyl sites for hydroxylation is 3. The van der Waals surface area contributed by atoms with Crippen molar-refractivity contribution in [3.05, 3.63) is 77.5 Å². The Kier molecular flexibility index (Phi) is 3.37. The zero-order valence-corrected chi connectivity index (χ0v) is 16.0. The molecule has 0 spiro atoms. The minimum atomic E-state index is 0.965. The van der Waals surface area contributed by atoms with Gasteiger partial charge in [-0.3, -0.25) is 4.98 Å². The second-order valence-corrected chi connectivity index (χ2v) is 7.97. The SMILES string of the molecule is Cc1ccccc1-c1nccc2cc3oc4cc5c(cc4c3cc12)CCCC5. The highest BCUT2D eigenvalue weighted by atomic mass is 16.3. The summed E-state index contributed by atoms with van der Waals surface area (Å²) in [6.45, 7) is 2.15. The number of furan rings is 1. The van der Waals surface area contributed by atoms with Crippen molar-refractivity contribution in [1.82, 2.24) is 4.98 Å². The number of pyridine rings is 1.